The number of nitrogens with zero attached hydrogens (tertiary/aromatic N) is 2. The Bertz CT molecular complexity index is 264. The summed E-state index contributed by atoms with van der Waals surface area (Å²) in [5, 5.41) is 7.78. The van der Waals surface area contributed by atoms with E-state index in [1.807, 2.05) is 11.7 Å². The minimum absolute atomic E-state index is 0.479. The van der Waals surface area contributed by atoms with Crippen molar-refractivity contribution < 1.29 is 0 Å². The zero-order chi connectivity index (χ0) is 7.84. The van der Waals surface area contributed by atoms with Crippen LogP contribution < -0.4 is 5.32 Å². The van der Waals surface area contributed by atoms with Crippen molar-refractivity contribution in [3.63, 3.8) is 0 Å². The topological polar surface area (TPSA) is 29.9 Å². The molecule has 3 nitrogen and oxygen atoms in total. The van der Waals surface area contributed by atoms with Gasteiger partial charge in [-0.25, -0.2) is 0 Å². The van der Waals surface area contributed by atoms with Crippen LogP contribution >= 0.6 is 0 Å². The Morgan fingerprint density at radius 2 is 2.55 bits per heavy atom. The fraction of sp³-hybridized carbons (Fsp3) is 0.625. The predicted octanol–water partition coefficient (Wildman–Crippen LogP) is 0.627. The molecule has 1 aliphatic rings. The number of fused-ring (bicyclic) bond motifs is 1. The standard InChI is InChI=1S/C8H13N3/c1-6-7-5-11(2)10-8(7)3-4-9-6/h5-6,9H,3-4H2,1-2H3/t6-/m0/s1. The summed E-state index contributed by atoms with van der Waals surface area (Å²) in [5.74, 6) is 0. The van der Waals surface area contributed by atoms with E-state index >= 15 is 0 Å². The molecule has 0 fully saturated rings. The first-order valence-electron chi connectivity index (χ1n) is 4.03. The van der Waals surface area contributed by atoms with Crippen molar-refractivity contribution in [1.82, 2.24) is 15.1 Å². The second-order valence-electron chi connectivity index (χ2n) is 3.13. The molecule has 0 bridgehead atoms. The van der Waals surface area contributed by atoms with Crippen molar-refractivity contribution in [3.05, 3.63) is 17.5 Å². The molecule has 2 heterocycles. The summed E-state index contributed by atoms with van der Waals surface area (Å²) in [6.07, 6.45) is 3.17. The Morgan fingerprint density at radius 1 is 1.73 bits per heavy atom. The van der Waals surface area contributed by atoms with E-state index in [0.717, 1.165) is 13.0 Å². The van der Waals surface area contributed by atoms with Crippen molar-refractivity contribution in [2.24, 2.45) is 7.05 Å². The molecule has 3 heteroatoms. The van der Waals surface area contributed by atoms with Crippen molar-refractivity contribution in [2.75, 3.05) is 6.54 Å². The maximum absolute atomic E-state index is 4.38. The van der Waals surface area contributed by atoms with E-state index in [4.69, 9.17) is 0 Å². The van der Waals surface area contributed by atoms with Crippen LogP contribution in [0.15, 0.2) is 6.20 Å². The van der Waals surface area contributed by atoms with E-state index < -0.39 is 0 Å². The van der Waals surface area contributed by atoms with E-state index in [1.165, 1.54) is 11.3 Å². The third kappa shape index (κ3) is 1.05. The van der Waals surface area contributed by atoms with E-state index in [0.29, 0.717) is 6.04 Å². The maximum Gasteiger partial charge on any atom is 0.0684 e. The average molecular weight is 151 g/mol. The van der Waals surface area contributed by atoms with Crippen LogP contribution in [0.3, 0.4) is 0 Å². The Labute approximate surface area is 66.4 Å². The van der Waals surface area contributed by atoms with Crippen LogP contribution in [0.2, 0.25) is 0 Å². The van der Waals surface area contributed by atoms with E-state index in [2.05, 4.69) is 23.5 Å². The summed E-state index contributed by atoms with van der Waals surface area (Å²) in [6.45, 7) is 3.24. The Hall–Kier alpha value is -0.830. The van der Waals surface area contributed by atoms with Gasteiger partial charge in [0, 0.05) is 37.8 Å². The third-order valence-electron chi connectivity index (χ3n) is 2.22. The predicted molar refractivity (Wildman–Crippen MR) is 43.3 cm³/mol. The number of aromatic nitrogens is 2. The minimum Gasteiger partial charge on any atom is -0.310 e. The molecule has 60 valence electrons. The zero-order valence-corrected chi connectivity index (χ0v) is 6.96. The lowest BCUT2D eigenvalue weighted by molar-refractivity contribution is 0.537. The van der Waals surface area contributed by atoms with Gasteiger partial charge in [-0.2, -0.15) is 5.10 Å². The molecule has 1 aliphatic heterocycles. The summed E-state index contributed by atoms with van der Waals surface area (Å²) in [5.41, 5.74) is 2.62. The van der Waals surface area contributed by atoms with Gasteiger partial charge in [-0.15, -0.1) is 0 Å². The number of rotatable bonds is 0. The van der Waals surface area contributed by atoms with Gasteiger partial charge in [0.05, 0.1) is 5.69 Å². The summed E-state index contributed by atoms with van der Waals surface area (Å²) in [6, 6.07) is 0.479. The number of nitrogens with one attached hydrogen (secondary N) is 1. The molecule has 1 N–H and O–H groups in total. The maximum atomic E-state index is 4.38. The number of hydrogen-bond acceptors (Lipinski definition) is 2. The molecule has 0 unspecified atom stereocenters. The van der Waals surface area contributed by atoms with Crippen LogP contribution in [0.4, 0.5) is 0 Å². The van der Waals surface area contributed by atoms with Gasteiger partial charge in [-0.1, -0.05) is 0 Å². The molecule has 0 spiro atoms. The van der Waals surface area contributed by atoms with Gasteiger partial charge >= 0.3 is 0 Å². The first-order chi connectivity index (χ1) is 5.27. The van der Waals surface area contributed by atoms with Crippen molar-refractivity contribution in [1.29, 1.82) is 0 Å². The van der Waals surface area contributed by atoms with Crippen LogP contribution in [0, 0.1) is 0 Å². The Morgan fingerprint density at radius 3 is 3.27 bits per heavy atom. The first kappa shape index (κ1) is 6.85. The lowest BCUT2D eigenvalue weighted by Gasteiger charge is -2.18. The molecule has 0 saturated heterocycles. The van der Waals surface area contributed by atoms with Gasteiger partial charge in [0.2, 0.25) is 0 Å². The van der Waals surface area contributed by atoms with Crippen LogP contribution in [0.1, 0.15) is 24.2 Å². The second kappa shape index (κ2) is 2.34. The lowest BCUT2D eigenvalue weighted by Crippen LogP contribution is -2.26. The van der Waals surface area contributed by atoms with Crippen LogP contribution in [0.25, 0.3) is 0 Å². The Kier molecular flexibility index (Phi) is 1.46. The molecule has 1 aromatic heterocycles. The number of aryl methyl sites for hydroxylation is 1. The molecule has 0 saturated carbocycles. The highest BCUT2D eigenvalue weighted by Crippen LogP contribution is 2.19. The summed E-state index contributed by atoms with van der Waals surface area (Å²) in [7, 11) is 1.98. The van der Waals surface area contributed by atoms with E-state index in [1.54, 1.807) is 0 Å². The fourth-order valence-corrected chi connectivity index (χ4v) is 1.63. The highest BCUT2D eigenvalue weighted by atomic mass is 15.3. The highest BCUT2D eigenvalue weighted by Gasteiger charge is 2.17. The minimum atomic E-state index is 0.479. The molecule has 0 aromatic carbocycles. The highest BCUT2D eigenvalue weighted by molar-refractivity contribution is 5.23. The second-order valence-corrected chi connectivity index (χ2v) is 3.13. The third-order valence-corrected chi connectivity index (χ3v) is 2.22. The SMILES string of the molecule is C[C@@H]1NCCc2nn(C)cc21. The molecule has 1 aromatic rings. The Balaban J connectivity index is 2.43. The monoisotopic (exact) mass is 151 g/mol. The molecular weight excluding hydrogens is 138 g/mol. The number of hydrogen-bond donors (Lipinski definition) is 1. The van der Waals surface area contributed by atoms with Gasteiger partial charge in [-0.3, -0.25) is 4.68 Å². The van der Waals surface area contributed by atoms with Gasteiger partial charge in [-0.05, 0) is 6.92 Å². The summed E-state index contributed by atoms with van der Waals surface area (Å²) in [4.78, 5) is 0. The van der Waals surface area contributed by atoms with Crippen molar-refractivity contribution in [3.8, 4) is 0 Å². The molecule has 2 rings (SSSR count). The van der Waals surface area contributed by atoms with E-state index in [-0.39, 0.29) is 0 Å². The fourth-order valence-electron chi connectivity index (χ4n) is 1.63. The van der Waals surface area contributed by atoms with Gasteiger partial charge in [0.1, 0.15) is 0 Å². The van der Waals surface area contributed by atoms with Gasteiger partial charge in [0.15, 0.2) is 0 Å². The van der Waals surface area contributed by atoms with Crippen LogP contribution in [0.5, 0.6) is 0 Å². The average Bonchev–Trinajstić information content (AvgIpc) is 2.31. The van der Waals surface area contributed by atoms with Crippen molar-refractivity contribution in [2.45, 2.75) is 19.4 Å². The summed E-state index contributed by atoms with van der Waals surface area (Å²) < 4.78 is 1.90. The van der Waals surface area contributed by atoms with Crippen LogP contribution in [-0.4, -0.2) is 16.3 Å². The van der Waals surface area contributed by atoms with Crippen molar-refractivity contribution >= 4 is 0 Å². The quantitative estimate of drug-likeness (QED) is 0.589. The van der Waals surface area contributed by atoms with Gasteiger partial charge < -0.3 is 5.32 Å². The van der Waals surface area contributed by atoms with Gasteiger partial charge in [0.25, 0.3) is 0 Å². The normalized spacial score (nSPS) is 23.3. The largest absolute Gasteiger partial charge is 0.310 e. The zero-order valence-electron chi connectivity index (χ0n) is 6.96. The van der Waals surface area contributed by atoms with E-state index in [9.17, 15) is 0 Å². The molecule has 11 heavy (non-hydrogen) atoms. The first-order valence-corrected chi connectivity index (χ1v) is 4.03. The molecular formula is C8H13N3. The lowest BCUT2D eigenvalue weighted by atomic mass is 10.0. The smallest absolute Gasteiger partial charge is 0.0684 e. The molecule has 1 atom stereocenters. The molecule has 0 aliphatic carbocycles. The van der Waals surface area contributed by atoms with Crippen LogP contribution in [-0.2, 0) is 13.5 Å². The molecule has 0 amide bonds. The molecule has 0 radical (unpaired) electrons. The summed E-state index contributed by atoms with van der Waals surface area (Å²) >= 11 is 0.